The minimum Gasteiger partial charge on any atom is -0.494 e. The molecule has 1 heterocycles. The van der Waals surface area contributed by atoms with Crippen molar-refractivity contribution in [3.63, 3.8) is 0 Å². The molecule has 0 amide bonds. The second-order valence-electron chi connectivity index (χ2n) is 5.43. The van der Waals surface area contributed by atoms with Gasteiger partial charge in [-0.15, -0.1) is 0 Å². The molecule has 19 heavy (non-hydrogen) atoms. The monoisotopic (exact) mass is 258 g/mol. The SMILES string of the molecule is CCC(C)(C)NCc1ccc2cccc(OC)c2n1. The van der Waals surface area contributed by atoms with E-state index in [0.29, 0.717) is 0 Å². The van der Waals surface area contributed by atoms with Gasteiger partial charge in [0, 0.05) is 17.5 Å². The molecule has 0 aliphatic carbocycles. The van der Waals surface area contributed by atoms with Crippen molar-refractivity contribution < 1.29 is 4.74 Å². The van der Waals surface area contributed by atoms with Gasteiger partial charge in [0.2, 0.25) is 0 Å². The van der Waals surface area contributed by atoms with Crippen LogP contribution in [0.4, 0.5) is 0 Å². The van der Waals surface area contributed by atoms with E-state index in [2.05, 4.69) is 44.3 Å². The maximum atomic E-state index is 5.37. The lowest BCUT2D eigenvalue weighted by atomic mass is 10.0. The summed E-state index contributed by atoms with van der Waals surface area (Å²) in [4.78, 5) is 4.70. The Morgan fingerprint density at radius 3 is 2.68 bits per heavy atom. The molecule has 0 saturated heterocycles. The number of methoxy groups -OCH3 is 1. The Labute approximate surface area is 115 Å². The lowest BCUT2D eigenvalue weighted by Gasteiger charge is -2.24. The summed E-state index contributed by atoms with van der Waals surface area (Å²) in [5, 5.41) is 4.63. The van der Waals surface area contributed by atoms with Gasteiger partial charge in [-0.05, 0) is 32.4 Å². The molecule has 2 rings (SSSR count). The van der Waals surface area contributed by atoms with Crippen molar-refractivity contribution in [3.05, 3.63) is 36.0 Å². The van der Waals surface area contributed by atoms with Gasteiger partial charge in [-0.2, -0.15) is 0 Å². The largest absolute Gasteiger partial charge is 0.494 e. The summed E-state index contributed by atoms with van der Waals surface area (Å²) >= 11 is 0. The Hall–Kier alpha value is -1.61. The summed E-state index contributed by atoms with van der Waals surface area (Å²) in [6.45, 7) is 7.36. The fourth-order valence-electron chi connectivity index (χ4n) is 1.88. The van der Waals surface area contributed by atoms with Crippen LogP contribution in [0.3, 0.4) is 0 Å². The van der Waals surface area contributed by atoms with E-state index in [4.69, 9.17) is 9.72 Å². The second kappa shape index (κ2) is 5.57. The van der Waals surface area contributed by atoms with Crippen molar-refractivity contribution in [2.75, 3.05) is 7.11 Å². The standard InChI is InChI=1S/C16H22N2O/c1-5-16(2,3)17-11-13-10-9-12-7-6-8-14(19-4)15(12)18-13/h6-10,17H,5,11H2,1-4H3. The summed E-state index contributed by atoms with van der Waals surface area (Å²) < 4.78 is 5.37. The third kappa shape index (κ3) is 3.24. The van der Waals surface area contributed by atoms with E-state index < -0.39 is 0 Å². The Kier molecular flexibility index (Phi) is 4.05. The van der Waals surface area contributed by atoms with Crippen LogP contribution in [-0.2, 0) is 6.54 Å². The van der Waals surface area contributed by atoms with Crippen LogP contribution < -0.4 is 10.1 Å². The quantitative estimate of drug-likeness (QED) is 0.891. The van der Waals surface area contributed by atoms with Crippen LogP contribution in [0.5, 0.6) is 5.75 Å². The van der Waals surface area contributed by atoms with E-state index in [0.717, 1.165) is 35.3 Å². The maximum absolute atomic E-state index is 5.37. The second-order valence-corrected chi connectivity index (χ2v) is 5.43. The van der Waals surface area contributed by atoms with Crippen LogP contribution in [0.2, 0.25) is 0 Å². The molecule has 0 unspecified atom stereocenters. The normalized spacial score (nSPS) is 11.8. The summed E-state index contributed by atoms with van der Waals surface area (Å²) in [6.07, 6.45) is 1.09. The van der Waals surface area contributed by atoms with E-state index in [1.54, 1.807) is 7.11 Å². The maximum Gasteiger partial charge on any atom is 0.145 e. The van der Waals surface area contributed by atoms with Gasteiger partial charge in [0.15, 0.2) is 0 Å². The zero-order chi connectivity index (χ0) is 13.9. The molecule has 2 aromatic rings. The van der Waals surface area contributed by atoms with Crippen LogP contribution in [0.15, 0.2) is 30.3 Å². The molecule has 1 aromatic carbocycles. The minimum absolute atomic E-state index is 0.136. The van der Waals surface area contributed by atoms with Gasteiger partial charge in [-0.3, -0.25) is 0 Å². The molecule has 0 atom stereocenters. The number of para-hydroxylation sites is 1. The Morgan fingerprint density at radius 2 is 2.00 bits per heavy atom. The highest BCUT2D eigenvalue weighted by Gasteiger charge is 2.14. The molecule has 3 nitrogen and oxygen atoms in total. The number of hydrogen-bond donors (Lipinski definition) is 1. The lowest BCUT2D eigenvalue weighted by Crippen LogP contribution is -2.38. The summed E-state index contributed by atoms with van der Waals surface area (Å²) in [5.41, 5.74) is 2.11. The molecule has 0 saturated carbocycles. The van der Waals surface area contributed by atoms with E-state index in [1.807, 2.05) is 12.1 Å². The predicted octanol–water partition coefficient (Wildman–Crippen LogP) is 3.52. The Bertz CT molecular complexity index is 564. The van der Waals surface area contributed by atoms with E-state index in [-0.39, 0.29) is 5.54 Å². The van der Waals surface area contributed by atoms with Crippen molar-refractivity contribution >= 4 is 10.9 Å². The number of pyridine rings is 1. The fraction of sp³-hybridized carbons (Fsp3) is 0.438. The third-order valence-electron chi connectivity index (χ3n) is 3.59. The summed E-state index contributed by atoms with van der Waals surface area (Å²) in [5.74, 6) is 0.828. The van der Waals surface area contributed by atoms with Crippen LogP contribution in [-0.4, -0.2) is 17.6 Å². The highest BCUT2D eigenvalue weighted by atomic mass is 16.5. The van der Waals surface area contributed by atoms with Crippen molar-refractivity contribution in [1.82, 2.24) is 10.3 Å². The molecule has 0 radical (unpaired) electrons. The molecule has 102 valence electrons. The predicted molar refractivity (Wildman–Crippen MR) is 79.5 cm³/mol. The molecule has 0 aliphatic heterocycles. The molecule has 0 spiro atoms. The van der Waals surface area contributed by atoms with Gasteiger partial charge in [0.25, 0.3) is 0 Å². The van der Waals surface area contributed by atoms with Gasteiger partial charge in [0.05, 0.1) is 12.8 Å². The number of ether oxygens (including phenoxy) is 1. The lowest BCUT2D eigenvalue weighted by molar-refractivity contribution is 0.372. The molecular formula is C16H22N2O. The first-order valence-corrected chi connectivity index (χ1v) is 6.73. The van der Waals surface area contributed by atoms with Crippen molar-refractivity contribution in [2.24, 2.45) is 0 Å². The number of benzene rings is 1. The number of nitrogens with one attached hydrogen (secondary N) is 1. The molecule has 1 aromatic heterocycles. The van der Waals surface area contributed by atoms with Gasteiger partial charge < -0.3 is 10.1 Å². The first kappa shape index (κ1) is 13.8. The molecule has 0 bridgehead atoms. The number of hydrogen-bond acceptors (Lipinski definition) is 3. The Balaban J connectivity index is 2.26. The smallest absolute Gasteiger partial charge is 0.145 e. The van der Waals surface area contributed by atoms with E-state index >= 15 is 0 Å². The van der Waals surface area contributed by atoms with Crippen LogP contribution >= 0.6 is 0 Å². The minimum atomic E-state index is 0.136. The first-order chi connectivity index (χ1) is 9.05. The fourth-order valence-corrected chi connectivity index (χ4v) is 1.88. The first-order valence-electron chi connectivity index (χ1n) is 6.73. The van der Waals surface area contributed by atoms with E-state index in [1.165, 1.54) is 0 Å². The van der Waals surface area contributed by atoms with E-state index in [9.17, 15) is 0 Å². The van der Waals surface area contributed by atoms with Crippen LogP contribution in [0.25, 0.3) is 10.9 Å². The highest BCUT2D eigenvalue weighted by Crippen LogP contribution is 2.23. The number of fused-ring (bicyclic) bond motifs is 1. The molecule has 0 fully saturated rings. The highest BCUT2D eigenvalue weighted by molar-refractivity contribution is 5.84. The summed E-state index contributed by atoms with van der Waals surface area (Å²) in [7, 11) is 1.68. The van der Waals surface area contributed by atoms with Gasteiger partial charge >= 0.3 is 0 Å². The number of aromatic nitrogens is 1. The zero-order valence-electron chi connectivity index (χ0n) is 12.2. The zero-order valence-corrected chi connectivity index (χ0v) is 12.2. The van der Waals surface area contributed by atoms with Gasteiger partial charge in [-0.25, -0.2) is 4.98 Å². The molecule has 1 N–H and O–H groups in total. The van der Waals surface area contributed by atoms with Gasteiger partial charge in [-0.1, -0.05) is 25.1 Å². The Morgan fingerprint density at radius 1 is 1.21 bits per heavy atom. The number of nitrogens with zero attached hydrogens (tertiary/aromatic N) is 1. The van der Waals surface area contributed by atoms with Crippen LogP contribution in [0, 0.1) is 0 Å². The van der Waals surface area contributed by atoms with Crippen molar-refractivity contribution in [1.29, 1.82) is 0 Å². The van der Waals surface area contributed by atoms with Gasteiger partial charge in [0.1, 0.15) is 11.3 Å². The molecule has 0 aliphatic rings. The molecular weight excluding hydrogens is 236 g/mol. The van der Waals surface area contributed by atoms with Crippen molar-refractivity contribution in [2.45, 2.75) is 39.3 Å². The third-order valence-corrected chi connectivity index (χ3v) is 3.59. The topological polar surface area (TPSA) is 34.1 Å². The average Bonchev–Trinajstić information content (AvgIpc) is 2.44. The average molecular weight is 258 g/mol. The summed E-state index contributed by atoms with van der Waals surface area (Å²) in [6, 6.07) is 10.2. The number of rotatable bonds is 5. The van der Waals surface area contributed by atoms with Crippen molar-refractivity contribution in [3.8, 4) is 5.75 Å². The van der Waals surface area contributed by atoms with Crippen LogP contribution in [0.1, 0.15) is 32.9 Å². The molecule has 3 heteroatoms.